The minimum atomic E-state index is -1.00. The molecule has 6 fully saturated rings. The smallest absolute Gasteiger partial charge is 0.306 e. The molecule has 0 saturated heterocycles. The van der Waals surface area contributed by atoms with Gasteiger partial charge in [0.15, 0.2) is 0 Å². The summed E-state index contributed by atoms with van der Waals surface area (Å²) in [6, 6.07) is 42.2. The van der Waals surface area contributed by atoms with Gasteiger partial charge < -0.3 is 21.5 Å². The van der Waals surface area contributed by atoms with E-state index in [-0.39, 0.29) is 47.0 Å². The highest BCUT2D eigenvalue weighted by molar-refractivity contribution is 6.31. The topological polar surface area (TPSA) is 160 Å². The molecule has 9 aromatic rings. The van der Waals surface area contributed by atoms with Gasteiger partial charge in [0.2, 0.25) is 11.8 Å². The molecule has 3 aromatic heterocycles. The van der Waals surface area contributed by atoms with Crippen LogP contribution in [0.2, 0.25) is 15.1 Å². The van der Waals surface area contributed by atoms with Crippen LogP contribution in [-0.4, -0.2) is 45.0 Å². The van der Waals surface area contributed by atoms with E-state index >= 15 is 0 Å². The fourth-order valence-corrected chi connectivity index (χ4v) is 16.9. The van der Waals surface area contributed by atoms with Gasteiger partial charge >= 0.3 is 5.97 Å². The first-order valence-corrected chi connectivity index (χ1v) is 33.5. The molecule has 17 heteroatoms. The van der Waals surface area contributed by atoms with Crippen LogP contribution in [0.1, 0.15) is 132 Å². The number of carboxylic acids is 1. The largest absolute Gasteiger partial charge is 0.481 e. The van der Waals surface area contributed by atoms with Gasteiger partial charge in [-0.2, -0.15) is 0 Å². The maximum atomic E-state index is 13.9. The summed E-state index contributed by atoms with van der Waals surface area (Å²) in [5.74, 6) is 2.85. The Balaban J connectivity index is 0.000000134. The van der Waals surface area contributed by atoms with Gasteiger partial charge in [-0.3, -0.25) is 33.7 Å². The number of rotatable bonds is 8. The van der Waals surface area contributed by atoms with Gasteiger partial charge in [0, 0.05) is 78.7 Å². The Morgan fingerprint density at radius 3 is 1.06 bits per heavy atom. The van der Waals surface area contributed by atoms with Crippen molar-refractivity contribution in [3.8, 4) is 0 Å². The van der Waals surface area contributed by atoms with Crippen LogP contribution in [0.5, 0.6) is 0 Å². The number of nitrogens with two attached hydrogens (primary N) is 1. The molecule has 6 bridgehead atoms. The van der Waals surface area contributed by atoms with Crippen molar-refractivity contribution in [2.24, 2.45) is 53.3 Å². The number of pyridine rings is 3. The maximum Gasteiger partial charge on any atom is 0.306 e. The summed E-state index contributed by atoms with van der Waals surface area (Å²) >= 11 is 17.4. The number of benzene rings is 6. The van der Waals surface area contributed by atoms with E-state index in [1.165, 1.54) is 34.9 Å². The van der Waals surface area contributed by atoms with E-state index in [2.05, 4.69) is 37.7 Å². The summed E-state index contributed by atoms with van der Waals surface area (Å²) < 4.78 is 57.0. The number of anilines is 3. The molecule has 484 valence electrons. The molecule has 15 rings (SSSR count). The molecule has 6 saturated carbocycles. The Morgan fingerprint density at radius 1 is 0.441 bits per heavy atom. The molecule has 0 aliphatic heterocycles. The zero-order valence-corrected chi connectivity index (χ0v) is 53.8. The predicted molar refractivity (Wildman–Crippen MR) is 365 cm³/mol. The van der Waals surface area contributed by atoms with Crippen LogP contribution in [0.3, 0.4) is 0 Å². The summed E-state index contributed by atoms with van der Waals surface area (Å²) in [5, 5.41) is 20.3. The lowest BCUT2D eigenvalue weighted by molar-refractivity contribution is -0.146. The van der Waals surface area contributed by atoms with Gasteiger partial charge in [0.05, 0.1) is 31.0 Å². The third-order valence-corrected chi connectivity index (χ3v) is 21.6. The first-order chi connectivity index (χ1) is 45.5. The number of nitrogens with one attached hydrogen (secondary N) is 2. The third-order valence-electron chi connectivity index (χ3n) is 20.8. The van der Waals surface area contributed by atoms with E-state index in [1.807, 2.05) is 48.9 Å². The average molecular weight is 1320 g/mol. The molecule has 6 aliphatic rings. The van der Waals surface area contributed by atoms with Gasteiger partial charge in [-0.1, -0.05) is 34.8 Å². The highest BCUT2D eigenvalue weighted by Gasteiger charge is 2.45. The van der Waals surface area contributed by atoms with Crippen LogP contribution in [0.15, 0.2) is 164 Å². The summed E-state index contributed by atoms with van der Waals surface area (Å²) in [4.78, 5) is 50.4. The van der Waals surface area contributed by atoms with Crippen molar-refractivity contribution in [3.05, 3.63) is 213 Å². The highest BCUT2D eigenvalue weighted by Crippen LogP contribution is 2.54. The number of nitrogen functional groups attached to an aromatic ring is 1. The Bertz CT molecular complexity index is 3910. The normalized spacial score (nSPS) is 25.1. The monoisotopic (exact) mass is 1320 g/mol. The van der Waals surface area contributed by atoms with E-state index in [0.717, 1.165) is 151 Å². The van der Waals surface area contributed by atoms with E-state index in [1.54, 1.807) is 84.9 Å². The van der Waals surface area contributed by atoms with Crippen LogP contribution in [0, 0.1) is 70.7 Å². The zero-order valence-electron chi connectivity index (χ0n) is 52.6. The Kier molecular flexibility index (Phi) is 21.5. The Labute approximate surface area is 556 Å². The van der Waals surface area contributed by atoms with Crippen molar-refractivity contribution in [3.63, 3.8) is 0 Å². The summed E-state index contributed by atoms with van der Waals surface area (Å²) in [7, 11) is -1.00. The van der Waals surface area contributed by atoms with Crippen LogP contribution in [-0.2, 0) is 14.4 Å². The molecule has 2 amide bonds. The first kappa shape index (κ1) is 65.4. The lowest BCUT2D eigenvalue weighted by atomic mass is 9.61. The Hall–Kier alpha value is -7.65. The molecule has 0 radical (unpaired) electrons. The van der Waals surface area contributed by atoms with Crippen molar-refractivity contribution in [2.45, 2.75) is 114 Å². The highest BCUT2D eigenvalue weighted by atomic mass is 35.5. The van der Waals surface area contributed by atoms with Gasteiger partial charge in [-0.25, -0.2) is 13.2 Å². The quantitative estimate of drug-likeness (QED) is 0.0864. The molecule has 6 aromatic carbocycles. The fraction of sp³-hybridized carbons (Fsp3) is 0.368. The SMILES string of the molecule is Nc1ccc(Cl)cc1.O=C(Nc1ccc(Cl)cc1)C1CCC2CC1CCC2c1ccnc2ccc(F)cc12.O=C(Nc1ccc(Cl)cc1)C1CCC2CC1CCC2c1ccnc2ccc(F)cc12.O=C(O)C1CCC2CC1CCC2c1ccnc2ccc(F)cc12.[2H]CF. The zero-order chi connectivity index (χ0) is 66.0. The molecule has 5 N–H and O–H groups in total. The van der Waals surface area contributed by atoms with Crippen molar-refractivity contribution >= 4 is 102 Å². The van der Waals surface area contributed by atoms with Crippen molar-refractivity contribution in [1.29, 1.82) is 0 Å². The second-order valence-corrected chi connectivity index (χ2v) is 27.2. The first-order valence-electron chi connectivity index (χ1n) is 33.1. The number of carboxylic acid groups (broad SMARTS) is 1. The number of fused-ring (bicyclic) bond motifs is 9. The van der Waals surface area contributed by atoms with Crippen LogP contribution >= 0.6 is 34.8 Å². The lowest BCUT2D eigenvalue weighted by Crippen LogP contribution is -2.39. The molecule has 0 spiro atoms. The number of amides is 2. The maximum absolute atomic E-state index is 13.9. The predicted octanol–water partition coefficient (Wildman–Crippen LogP) is 20.0. The molecule has 12 atom stereocenters. The molecule has 93 heavy (non-hydrogen) atoms. The molecule has 10 nitrogen and oxygen atoms in total. The fourth-order valence-electron chi connectivity index (χ4n) is 16.5. The number of carbonyl (C=O) groups excluding carboxylic acids is 2. The summed E-state index contributed by atoms with van der Waals surface area (Å²) in [6.45, 7) is 0. The third kappa shape index (κ3) is 16.0. The van der Waals surface area contributed by atoms with Gasteiger partial charge in [-0.05, 0) is 312 Å². The second kappa shape index (κ2) is 30.6. The van der Waals surface area contributed by atoms with Crippen molar-refractivity contribution < 1.29 is 38.4 Å². The minimum absolute atomic E-state index is 0.0597. The van der Waals surface area contributed by atoms with Crippen molar-refractivity contribution in [2.75, 3.05) is 23.5 Å². The van der Waals surface area contributed by atoms with Gasteiger partial charge in [0.1, 0.15) is 17.5 Å². The molecular formula is C76H77Cl3F4N6O4. The van der Waals surface area contributed by atoms with Crippen LogP contribution in [0.4, 0.5) is 34.6 Å². The standard InChI is InChI=1S/2C25H24ClFN2O.C19H20FNO2.C6H6ClN.CH3F/c2*26-17-3-6-19(7-4-17)29-25(30)21-9-2-15-13-16(21)1-8-20(15)22-11-12-28-24-10-5-18(27)14-23(22)24;20-13-3-6-18-17(10-13)16(7-8-21-18)14-4-1-12-9-11(14)2-5-15(12)19(22)23;7-5-1-3-6(8)4-2-5;1-2/h2*3-7,10-12,14-16,20-21H,1-2,8-9,13H2,(H,29,30);3,6-8,10-12,14-15H,1-2,4-5,9H2,(H,22,23);1-4H,8H2;1H3/i;;;;1D. The number of hydrogen-bond donors (Lipinski definition) is 4. The number of nitrogens with zero attached hydrogens (tertiary/aromatic N) is 3. The van der Waals surface area contributed by atoms with E-state index in [9.17, 15) is 37.1 Å². The summed E-state index contributed by atoms with van der Waals surface area (Å²) in [5.41, 5.74) is 13.9. The number of carbonyl (C=O) groups is 3. The van der Waals surface area contributed by atoms with Gasteiger partial charge in [0.25, 0.3) is 0 Å². The van der Waals surface area contributed by atoms with E-state index in [0.29, 0.717) is 63.3 Å². The van der Waals surface area contributed by atoms with Gasteiger partial charge in [-0.15, -0.1) is 0 Å². The molecular weight excluding hydrogens is 1240 g/mol. The van der Waals surface area contributed by atoms with Crippen LogP contribution in [0.25, 0.3) is 32.7 Å². The molecule has 3 heterocycles. The number of alkyl halides is 1. The number of hydrogen-bond acceptors (Lipinski definition) is 7. The number of aliphatic carboxylic acids is 1. The number of aromatic nitrogens is 3. The molecule has 6 aliphatic carbocycles. The number of halogens is 7. The summed E-state index contributed by atoms with van der Waals surface area (Å²) in [6.07, 6.45) is 20.3. The van der Waals surface area contributed by atoms with E-state index in [4.69, 9.17) is 41.9 Å². The van der Waals surface area contributed by atoms with Crippen molar-refractivity contribution in [1.82, 2.24) is 15.0 Å². The minimum Gasteiger partial charge on any atom is -0.481 e. The molecule has 12 unspecified atom stereocenters. The van der Waals surface area contributed by atoms with Crippen LogP contribution < -0.4 is 16.4 Å². The second-order valence-electron chi connectivity index (χ2n) is 25.9. The van der Waals surface area contributed by atoms with E-state index < -0.39 is 13.1 Å². The average Bonchev–Trinajstić information content (AvgIpc) is 1.01. The Morgan fingerprint density at radius 2 is 0.742 bits per heavy atom. The lowest BCUT2D eigenvalue weighted by Gasteiger charge is -2.44.